The third-order valence-electron chi connectivity index (χ3n) is 12.1. The summed E-state index contributed by atoms with van der Waals surface area (Å²) in [6.07, 6.45) is 22.6. The third-order valence-corrected chi connectivity index (χ3v) is 12.1. The fraction of sp³-hybridized carbons (Fsp3) is 0.936. The molecule has 354 valence electrons. The molecule has 2 fully saturated rings. The first kappa shape index (κ1) is 54.9. The van der Waals surface area contributed by atoms with Crippen LogP contribution in [-0.4, -0.2) is 129 Å². The number of rotatable bonds is 37. The molecule has 0 spiro atoms. The van der Waals surface area contributed by atoms with E-state index in [-0.39, 0.29) is 19.1 Å². The molecular formula is C47H89NO12. The Hall–Kier alpha value is -1.23. The zero-order valence-electron chi connectivity index (χ0n) is 37.6. The number of nitrogens with one attached hydrogen (secondary N) is 1. The standard InChI is InChI=1S/C47H89NO12/c1-3-5-7-9-11-13-15-17-18-20-22-24-26-28-30-32-40(51)48-36(37(50)31-29-27-25-23-21-19-16-14-12-10-8-6-4-2)34-57-46-44(55)42(53)39(35-58-46)60-47-45(56)43(54)41(52)38(33-49)59-47/h29,31,36-39,41-47,49-50,52-56H,3-28,30,32-35H2,1-2H3,(H,48,51)/b31-29+/t36-,37+,38+,39+,41-,42-,43-,44+,45+,46+,47-/m0/s1. The van der Waals surface area contributed by atoms with Gasteiger partial charge in [-0.3, -0.25) is 4.79 Å². The molecule has 1 amide bonds. The lowest BCUT2D eigenvalue weighted by molar-refractivity contribution is -0.343. The van der Waals surface area contributed by atoms with Gasteiger partial charge in [-0.1, -0.05) is 180 Å². The second-order valence-electron chi connectivity index (χ2n) is 17.5. The molecule has 2 rings (SSSR count). The highest BCUT2D eigenvalue weighted by Gasteiger charge is 2.48. The van der Waals surface area contributed by atoms with Gasteiger partial charge < -0.3 is 60.0 Å². The molecular weight excluding hydrogens is 771 g/mol. The number of carbonyl (C=O) groups is 1. The number of aliphatic hydroxyl groups excluding tert-OH is 7. The van der Waals surface area contributed by atoms with E-state index < -0.39 is 74.1 Å². The van der Waals surface area contributed by atoms with Crippen LogP contribution in [0.5, 0.6) is 0 Å². The largest absolute Gasteiger partial charge is 0.394 e. The van der Waals surface area contributed by atoms with Gasteiger partial charge >= 0.3 is 0 Å². The Balaban J connectivity index is 1.79. The number of ether oxygens (including phenoxy) is 4. The molecule has 13 nitrogen and oxygen atoms in total. The van der Waals surface area contributed by atoms with E-state index in [1.54, 1.807) is 6.08 Å². The number of allylic oxidation sites excluding steroid dienone is 1. The van der Waals surface area contributed by atoms with Crippen LogP contribution in [0.2, 0.25) is 0 Å². The normalized spacial score (nSPS) is 27.1. The number of hydrogen-bond donors (Lipinski definition) is 8. The SMILES string of the molecule is CCCCCCCCCCCCC/C=C/[C@@H](O)[C@H](CO[C@@H]1OC[C@@H](O[C@@H]2O[C@H](CO)[C@H](O)[C@H](O)[C@H]2O)[C@H](O)[C@H]1O)NC(=O)CCCCCCCCCCCCCCCCC. The first-order valence-corrected chi connectivity index (χ1v) is 24.3. The van der Waals surface area contributed by atoms with Gasteiger partial charge in [0, 0.05) is 6.42 Å². The highest BCUT2D eigenvalue weighted by Crippen LogP contribution is 2.27. The summed E-state index contributed by atoms with van der Waals surface area (Å²) in [5.41, 5.74) is 0. The van der Waals surface area contributed by atoms with E-state index in [9.17, 15) is 40.5 Å². The summed E-state index contributed by atoms with van der Waals surface area (Å²) < 4.78 is 22.5. The maximum absolute atomic E-state index is 13.1. The van der Waals surface area contributed by atoms with Crippen LogP contribution in [-0.2, 0) is 23.7 Å². The molecule has 0 bridgehead atoms. The molecule has 0 aromatic heterocycles. The Morgan fingerprint density at radius 3 is 1.60 bits per heavy atom. The highest BCUT2D eigenvalue weighted by atomic mass is 16.7. The molecule has 0 aromatic carbocycles. The quantitative estimate of drug-likeness (QED) is 0.0245. The van der Waals surface area contributed by atoms with Crippen LogP contribution in [0.4, 0.5) is 0 Å². The zero-order chi connectivity index (χ0) is 43.8. The van der Waals surface area contributed by atoms with Crippen molar-refractivity contribution in [1.29, 1.82) is 0 Å². The van der Waals surface area contributed by atoms with Crippen LogP contribution in [0.25, 0.3) is 0 Å². The van der Waals surface area contributed by atoms with Crippen LogP contribution in [0.3, 0.4) is 0 Å². The van der Waals surface area contributed by atoms with Gasteiger partial charge in [-0.05, 0) is 19.3 Å². The first-order chi connectivity index (χ1) is 29.1. The van der Waals surface area contributed by atoms with Crippen molar-refractivity contribution in [3.8, 4) is 0 Å². The third kappa shape index (κ3) is 23.5. The maximum atomic E-state index is 13.1. The lowest BCUT2D eigenvalue weighted by Gasteiger charge is -2.43. The van der Waals surface area contributed by atoms with E-state index in [1.807, 2.05) is 6.08 Å². The van der Waals surface area contributed by atoms with Gasteiger partial charge in [0.05, 0.1) is 32.0 Å². The number of aliphatic hydroxyl groups is 7. The van der Waals surface area contributed by atoms with E-state index in [0.29, 0.717) is 6.42 Å². The number of carbonyl (C=O) groups excluding carboxylic acids is 1. The van der Waals surface area contributed by atoms with Crippen LogP contribution in [0.15, 0.2) is 12.2 Å². The average Bonchev–Trinajstić information content (AvgIpc) is 3.24. The minimum Gasteiger partial charge on any atom is -0.394 e. The van der Waals surface area contributed by atoms with E-state index in [0.717, 1.165) is 38.5 Å². The number of unbranched alkanes of at least 4 members (excludes halogenated alkanes) is 25. The lowest BCUT2D eigenvalue weighted by atomic mass is 9.99. The van der Waals surface area contributed by atoms with E-state index in [1.165, 1.54) is 135 Å². The van der Waals surface area contributed by atoms with Crippen LogP contribution in [0, 0.1) is 0 Å². The van der Waals surface area contributed by atoms with Gasteiger partial charge in [0.15, 0.2) is 12.6 Å². The molecule has 0 radical (unpaired) electrons. The van der Waals surface area contributed by atoms with Crippen LogP contribution in [0.1, 0.15) is 194 Å². The van der Waals surface area contributed by atoms with Gasteiger partial charge in [-0.15, -0.1) is 0 Å². The topological polar surface area (TPSA) is 208 Å². The van der Waals surface area contributed by atoms with Gasteiger partial charge in [0.1, 0.15) is 42.7 Å². The predicted molar refractivity (Wildman–Crippen MR) is 234 cm³/mol. The highest BCUT2D eigenvalue weighted by molar-refractivity contribution is 5.76. The van der Waals surface area contributed by atoms with Gasteiger partial charge in [0.2, 0.25) is 5.91 Å². The Labute approximate surface area is 363 Å². The molecule has 0 aliphatic carbocycles. The molecule has 2 aliphatic rings. The second-order valence-corrected chi connectivity index (χ2v) is 17.5. The summed E-state index contributed by atoms with van der Waals surface area (Å²) in [5.74, 6) is -0.200. The summed E-state index contributed by atoms with van der Waals surface area (Å²) in [5, 5.41) is 75.8. The molecule has 0 saturated carbocycles. The second kappa shape index (κ2) is 35.2. The molecule has 2 saturated heterocycles. The smallest absolute Gasteiger partial charge is 0.220 e. The Morgan fingerprint density at radius 1 is 0.633 bits per heavy atom. The fourth-order valence-corrected chi connectivity index (χ4v) is 8.04. The van der Waals surface area contributed by atoms with Crippen molar-refractivity contribution >= 4 is 5.91 Å². The summed E-state index contributed by atoms with van der Waals surface area (Å²) >= 11 is 0. The van der Waals surface area contributed by atoms with Crippen molar-refractivity contribution in [3.05, 3.63) is 12.2 Å². The zero-order valence-corrected chi connectivity index (χ0v) is 37.6. The predicted octanol–water partition coefficient (Wildman–Crippen LogP) is 6.63. The Morgan fingerprint density at radius 2 is 1.10 bits per heavy atom. The summed E-state index contributed by atoms with van der Waals surface area (Å²) in [7, 11) is 0. The summed E-state index contributed by atoms with van der Waals surface area (Å²) in [6, 6.07) is -0.835. The minimum absolute atomic E-state index is 0.200. The molecule has 2 heterocycles. The van der Waals surface area contributed by atoms with Crippen molar-refractivity contribution in [2.24, 2.45) is 0 Å². The molecule has 0 unspecified atom stereocenters. The van der Waals surface area contributed by atoms with Crippen molar-refractivity contribution in [3.63, 3.8) is 0 Å². The minimum atomic E-state index is -1.69. The summed E-state index contributed by atoms with van der Waals surface area (Å²) in [6.45, 7) is 3.34. The van der Waals surface area contributed by atoms with Crippen molar-refractivity contribution in [2.75, 3.05) is 19.8 Å². The van der Waals surface area contributed by atoms with Crippen LogP contribution < -0.4 is 5.32 Å². The summed E-state index contributed by atoms with van der Waals surface area (Å²) in [4.78, 5) is 13.1. The van der Waals surface area contributed by atoms with E-state index in [2.05, 4.69) is 19.2 Å². The Kier molecular flexibility index (Phi) is 32.2. The van der Waals surface area contributed by atoms with E-state index >= 15 is 0 Å². The van der Waals surface area contributed by atoms with Crippen molar-refractivity contribution in [1.82, 2.24) is 5.32 Å². The van der Waals surface area contributed by atoms with Crippen molar-refractivity contribution in [2.45, 2.75) is 261 Å². The molecule has 60 heavy (non-hydrogen) atoms. The van der Waals surface area contributed by atoms with E-state index in [4.69, 9.17) is 18.9 Å². The monoisotopic (exact) mass is 860 g/mol. The molecule has 0 aromatic rings. The van der Waals surface area contributed by atoms with Crippen LogP contribution >= 0.6 is 0 Å². The molecule has 8 N–H and O–H groups in total. The van der Waals surface area contributed by atoms with Gasteiger partial charge in [-0.2, -0.15) is 0 Å². The first-order valence-electron chi connectivity index (χ1n) is 24.3. The Bertz CT molecular complexity index is 1050. The lowest BCUT2D eigenvalue weighted by Crippen LogP contribution is -2.62. The number of amides is 1. The average molecular weight is 860 g/mol. The molecule has 13 heteroatoms. The molecule has 11 atom stereocenters. The number of hydrogen-bond acceptors (Lipinski definition) is 12. The van der Waals surface area contributed by atoms with Gasteiger partial charge in [-0.25, -0.2) is 0 Å². The fourth-order valence-electron chi connectivity index (χ4n) is 8.04. The molecule has 2 aliphatic heterocycles. The maximum Gasteiger partial charge on any atom is 0.220 e. The van der Waals surface area contributed by atoms with Crippen molar-refractivity contribution < 1.29 is 59.5 Å². The van der Waals surface area contributed by atoms with Gasteiger partial charge in [0.25, 0.3) is 0 Å².